The normalized spacial score (nSPS) is 10.7. The van der Waals surface area contributed by atoms with Gasteiger partial charge < -0.3 is 9.88 Å². The van der Waals surface area contributed by atoms with Gasteiger partial charge in [-0.15, -0.1) is 0 Å². The molecule has 4 nitrogen and oxygen atoms in total. The summed E-state index contributed by atoms with van der Waals surface area (Å²) < 4.78 is 28.4. The van der Waals surface area contributed by atoms with Crippen molar-refractivity contribution in [1.82, 2.24) is 14.5 Å². The summed E-state index contributed by atoms with van der Waals surface area (Å²) in [5, 5.41) is 2.81. The van der Waals surface area contributed by atoms with Crippen LogP contribution in [0.4, 0.5) is 20.4 Å². The summed E-state index contributed by atoms with van der Waals surface area (Å²) in [6.07, 6.45) is 5.56. The van der Waals surface area contributed by atoms with Crippen LogP contribution < -0.4 is 5.32 Å². The molecule has 0 amide bonds. The number of benzene rings is 1. The molecule has 0 unspecified atom stereocenters. The van der Waals surface area contributed by atoms with Crippen molar-refractivity contribution in [2.45, 2.75) is 6.92 Å². The Morgan fingerprint density at radius 3 is 2.45 bits per heavy atom. The lowest BCUT2D eigenvalue weighted by molar-refractivity contribution is 0.584. The zero-order valence-electron chi connectivity index (χ0n) is 12.1. The van der Waals surface area contributed by atoms with E-state index in [1.807, 2.05) is 30.9 Å². The Labute approximate surface area is 126 Å². The van der Waals surface area contributed by atoms with Crippen molar-refractivity contribution in [3.63, 3.8) is 0 Å². The Morgan fingerprint density at radius 2 is 1.82 bits per heavy atom. The standard InChI is InChI=1S/C16H14F2N4/c1-10-8-22(2)9-14(10)15-3-4-19-16(21-15)20-13-6-11(17)5-12(18)7-13/h3-9H,1-2H3,(H,19,20,21). The van der Waals surface area contributed by atoms with Gasteiger partial charge in [-0.05, 0) is 30.7 Å². The summed E-state index contributed by atoms with van der Waals surface area (Å²) in [5.41, 5.74) is 3.08. The van der Waals surface area contributed by atoms with Crippen LogP contribution in [-0.2, 0) is 7.05 Å². The highest BCUT2D eigenvalue weighted by atomic mass is 19.1. The first-order valence-corrected chi connectivity index (χ1v) is 6.70. The Balaban J connectivity index is 1.93. The molecular weight excluding hydrogens is 286 g/mol. The van der Waals surface area contributed by atoms with Crippen LogP contribution in [0.15, 0.2) is 42.9 Å². The first kappa shape index (κ1) is 14.2. The minimum Gasteiger partial charge on any atom is -0.356 e. The fraction of sp³-hybridized carbons (Fsp3) is 0.125. The van der Waals surface area contributed by atoms with Crippen molar-refractivity contribution in [2.24, 2.45) is 7.05 Å². The molecule has 0 aliphatic heterocycles. The molecule has 6 heteroatoms. The molecule has 0 atom stereocenters. The molecule has 0 radical (unpaired) electrons. The largest absolute Gasteiger partial charge is 0.356 e. The lowest BCUT2D eigenvalue weighted by atomic mass is 10.1. The second-order valence-corrected chi connectivity index (χ2v) is 5.07. The van der Waals surface area contributed by atoms with Gasteiger partial charge in [-0.1, -0.05) is 0 Å². The van der Waals surface area contributed by atoms with E-state index in [4.69, 9.17) is 0 Å². The Morgan fingerprint density at radius 1 is 1.09 bits per heavy atom. The lowest BCUT2D eigenvalue weighted by Gasteiger charge is -2.07. The zero-order valence-corrected chi connectivity index (χ0v) is 12.1. The third-order valence-electron chi connectivity index (χ3n) is 3.21. The summed E-state index contributed by atoms with van der Waals surface area (Å²) in [6.45, 7) is 1.99. The highest BCUT2D eigenvalue weighted by Gasteiger charge is 2.08. The van der Waals surface area contributed by atoms with Crippen LogP contribution in [0.1, 0.15) is 5.56 Å². The third-order valence-corrected chi connectivity index (χ3v) is 3.21. The van der Waals surface area contributed by atoms with Crippen molar-refractivity contribution in [2.75, 3.05) is 5.32 Å². The van der Waals surface area contributed by atoms with Gasteiger partial charge >= 0.3 is 0 Å². The molecule has 0 saturated heterocycles. The number of rotatable bonds is 3. The average Bonchev–Trinajstić information content (AvgIpc) is 2.77. The molecule has 0 bridgehead atoms. The molecule has 3 rings (SSSR count). The van der Waals surface area contributed by atoms with E-state index >= 15 is 0 Å². The van der Waals surface area contributed by atoms with E-state index in [2.05, 4.69) is 15.3 Å². The zero-order chi connectivity index (χ0) is 15.7. The fourth-order valence-electron chi connectivity index (χ4n) is 2.31. The quantitative estimate of drug-likeness (QED) is 0.799. The minimum atomic E-state index is -0.655. The van der Waals surface area contributed by atoms with Crippen LogP contribution in [0.2, 0.25) is 0 Å². The molecule has 0 aliphatic carbocycles. The first-order chi connectivity index (χ1) is 10.5. The van der Waals surface area contributed by atoms with E-state index in [9.17, 15) is 8.78 Å². The second kappa shape index (κ2) is 5.55. The summed E-state index contributed by atoms with van der Waals surface area (Å²) in [7, 11) is 1.94. The number of nitrogens with zero attached hydrogens (tertiary/aromatic N) is 3. The number of nitrogens with one attached hydrogen (secondary N) is 1. The maximum Gasteiger partial charge on any atom is 0.227 e. The molecule has 0 aliphatic rings. The molecule has 2 heterocycles. The van der Waals surface area contributed by atoms with E-state index in [-0.39, 0.29) is 11.6 Å². The van der Waals surface area contributed by atoms with Gasteiger partial charge in [0, 0.05) is 43.0 Å². The number of hydrogen-bond acceptors (Lipinski definition) is 3. The molecule has 3 aromatic rings. The fourth-order valence-corrected chi connectivity index (χ4v) is 2.31. The molecule has 112 valence electrons. The highest BCUT2D eigenvalue weighted by Crippen LogP contribution is 2.23. The summed E-state index contributed by atoms with van der Waals surface area (Å²) >= 11 is 0. The summed E-state index contributed by atoms with van der Waals surface area (Å²) in [5.74, 6) is -1.03. The molecule has 1 aromatic carbocycles. The van der Waals surface area contributed by atoms with Crippen LogP contribution in [0.5, 0.6) is 0 Å². The van der Waals surface area contributed by atoms with Gasteiger partial charge in [0.15, 0.2) is 0 Å². The molecule has 1 N–H and O–H groups in total. The van der Waals surface area contributed by atoms with E-state index in [0.717, 1.165) is 22.9 Å². The molecular formula is C16H14F2N4. The van der Waals surface area contributed by atoms with Gasteiger partial charge in [-0.3, -0.25) is 0 Å². The minimum absolute atomic E-state index is 0.263. The maximum absolute atomic E-state index is 13.2. The Bertz CT molecular complexity index is 807. The number of hydrogen-bond donors (Lipinski definition) is 1. The van der Waals surface area contributed by atoms with E-state index < -0.39 is 11.6 Å². The molecule has 0 saturated carbocycles. The Kier molecular flexibility index (Phi) is 3.58. The predicted molar refractivity (Wildman–Crippen MR) is 80.8 cm³/mol. The summed E-state index contributed by atoms with van der Waals surface area (Å²) in [4.78, 5) is 8.47. The number of aromatic nitrogens is 3. The van der Waals surface area contributed by atoms with Gasteiger partial charge in [0.1, 0.15) is 11.6 Å². The molecule has 0 spiro atoms. The topological polar surface area (TPSA) is 42.7 Å². The smallest absolute Gasteiger partial charge is 0.227 e. The van der Waals surface area contributed by atoms with Crippen LogP contribution in [-0.4, -0.2) is 14.5 Å². The van der Waals surface area contributed by atoms with Crippen molar-refractivity contribution < 1.29 is 8.78 Å². The lowest BCUT2D eigenvalue weighted by Crippen LogP contribution is -1.99. The van der Waals surface area contributed by atoms with Crippen molar-refractivity contribution >= 4 is 11.6 Å². The van der Waals surface area contributed by atoms with E-state index in [1.54, 1.807) is 12.3 Å². The molecule has 22 heavy (non-hydrogen) atoms. The van der Waals surface area contributed by atoms with Crippen LogP contribution in [0, 0.1) is 18.6 Å². The number of anilines is 2. The van der Waals surface area contributed by atoms with Gasteiger partial charge in [-0.2, -0.15) is 0 Å². The van der Waals surface area contributed by atoms with Crippen molar-refractivity contribution in [1.29, 1.82) is 0 Å². The number of halogens is 2. The number of aryl methyl sites for hydroxylation is 2. The Hall–Kier alpha value is -2.76. The summed E-state index contributed by atoms with van der Waals surface area (Å²) in [6, 6.07) is 4.98. The van der Waals surface area contributed by atoms with Gasteiger partial charge in [0.25, 0.3) is 0 Å². The van der Waals surface area contributed by atoms with Crippen LogP contribution >= 0.6 is 0 Å². The molecule has 0 fully saturated rings. The van der Waals surface area contributed by atoms with E-state index in [1.165, 1.54) is 12.1 Å². The predicted octanol–water partition coefficient (Wildman–Crippen LogP) is 3.81. The molecule has 2 aromatic heterocycles. The van der Waals surface area contributed by atoms with Crippen molar-refractivity contribution in [3.05, 3.63) is 60.1 Å². The first-order valence-electron chi connectivity index (χ1n) is 6.70. The van der Waals surface area contributed by atoms with Gasteiger partial charge in [-0.25, -0.2) is 18.7 Å². The highest BCUT2D eigenvalue weighted by molar-refractivity contribution is 5.64. The second-order valence-electron chi connectivity index (χ2n) is 5.07. The van der Waals surface area contributed by atoms with Crippen LogP contribution in [0.3, 0.4) is 0 Å². The monoisotopic (exact) mass is 300 g/mol. The van der Waals surface area contributed by atoms with Crippen LogP contribution in [0.25, 0.3) is 11.3 Å². The maximum atomic E-state index is 13.2. The third kappa shape index (κ3) is 2.95. The van der Waals surface area contributed by atoms with Crippen molar-refractivity contribution in [3.8, 4) is 11.3 Å². The van der Waals surface area contributed by atoms with Gasteiger partial charge in [0.05, 0.1) is 5.69 Å². The average molecular weight is 300 g/mol. The SMILES string of the molecule is Cc1cn(C)cc1-c1ccnc(Nc2cc(F)cc(F)c2)n1. The van der Waals surface area contributed by atoms with E-state index in [0.29, 0.717) is 0 Å². The van der Waals surface area contributed by atoms with Gasteiger partial charge in [0.2, 0.25) is 5.95 Å².